The van der Waals surface area contributed by atoms with E-state index >= 15 is 0 Å². The molecule has 2 heterocycles. The molecule has 0 radical (unpaired) electrons. The lowest BCUT2D eigenvalue weighted by atomic mass is 9.77. The van der Waals surface area contributed by atoms with Crippen LogP contribution in [0.5, 0.6) is 0 Å². The maximum atomic E-state index is 14.5. The number of alkyl carbamates (subject to hydrolysis) is 1. The van der Waals surface area contributed by atoms with Gasteiger partial charge in [0.1, 0.15) is 36.3 Å². The zero-order valence-corrected chi connectivity index (χ0v) is 44.1. The van der Waals surface area contributed by atoms with Crippen LogP contribution in [0.3, 0.4) is 0 Å². The van der Waals surface area contributed by atoms with Crippen molar-refractivity contribution < 1.29 is 33.5 Å². The van der Waals surface area contributed by atoms with Crippen LogP contribution in [0.25, 0.3) is 11.1 Å². The van der Waals surface area contributed by atoms with E-state index in [2.05, 4.69) is 63.0 Å². The maximum absolute atomic E-state index is 14.5. The van der Waals surface area contributed by atoms with Crippen molar-refractivity contribution in [2.24, 2.45) is 5.92 Å². The van der Waals surface area contributed by atoms with Crippen molar-refractivity contribution >= 4 is 35.6 Å². The number of carbonyl (C=O) groups is 6. The number of carbonyl (C=O) groups excluding carboxylic acids is 6. The van der Waals surface area contributed by atoms with Gasteiger partial charge < -0.3 is 40.8 Å². The average Bonchev–Trinajstić information content (AvgIpc) is 4.40. The van der Waals surface area contributed by atoms with Gasteiger partial charge in [-0.15, -0.1) is 0 Å². The second-order valence-corrected chi connectivity index (χ2v) is 20.1. The molecule has 1 aliphatic heterocycles. The number of hydrogen-bond donors (Lipinski definition) is 5. The highest BCUT2D eigenvalue weighted by Crippen LogP contribution is 2.45. The summed E-state index contributed by atoms with van der Waals surface area (Å²) in [6, 6.07) is 51.6. The van der Waals surface area contributed by atoms with Crippen molar-refractivity contribution in [2.75, 3.05) is 19.7 Å². The van der Waals surface area contributed by atoms with Crippen LogP contribution in [-0.4, -0.2) is 93.9 Å². The summed E-state index contributed by atoms with van der Waals surface area (Å²) in [7, 11) is 0. The molecule has 15 nitrogen and oxygen atoms in total. The summed E-state index contributed by atoms with van der Waals surface area (Å²) in [5.41, 5.74) is 7.59. The number of nitrogens with one attached hydrogen (secondary N) is 5. The minimum absolute atomic E-state index is 0.00543. The zero-order chi connectivity index (χ0) is 54.6. The summed E-state index contributed by atoms with van der Waals surface area (Å²) in [6.07, 6.45) is 4.24. The van der Waals surface area contributed by atoms with Crippen LogP contribution < -0.4 is 26.6 Å². The van der Waals surface area contributed by atoms with Gasteiger partial charge in [0.2, 0.25) is 29.5 Å². The van der Waals surface area contributed by atoms with Gasteiger partial charge in [-0.05, 0) is 70.2 Å². The van der Waals surface area contributed by atoms with Gasteiger partial charge in [-0.1, -0.05) is 190 Å². The van der Waals surface area contributed by atoms with E-state index in [1.807, 2.05) is 158 Å². The molecule has 78 heavy (non-hydrogen) atoms. The smallest absolute Gasteiger partial charge is 0.407 e. The first kappa shape index (κ1) is 54.0. The normalized spacial score (nSPS) is 15.4. The number of imidazole rings is 1. The van der Waals surface area contributed by atoms with Gasteiger partial charge >= 0.3 is 6.09 Å². The summed E-state index contributed by atoms with van der Waals surface area (Å²) in [4.78, 5) is 89.4. The number of hydrogen-bond acceptors (Lipinski definition) is 8. The predicted octanol–water partition coefficient (Wildman–Crippen LogP) is 7.63. The van der Waals surface area contributed by atoms with Gasteiger partial charge in [-0.25, -0.2) is 9.78 Å². The number of benzene rings is 6. The third-order valence-electron chi connectivity index (χ3n) is 15.1. The maximum Gasteiger partial charge on any atom is 0.407 e. The lowest BCUT2D eigenvalue weighted by Crippen LogP contribution is -2.56. The molecule has 0 spiro atoms. The van der Waals surface area contributed by atoms with Gasteiger partial charge in [0, 0.05) is 31.6 Å². The molecule has 1 aromatic heterocycles. The lowest BCUT2D eigenvalue weighted by Gasteiger charge is -2.37. The Labute approximate surface area is 455 Å². The van der Waals surface area contributed by atoms with Crippen LogP contribution in [0.2, 0.25) is 0 Å². The van der Waals surface area contributed by atoms with Crippen molar-refractivity contribution in [2.45, 2.75) is 88.6 Å². The third kappa shape index (κ3) is 11.9. The van der Waals surface area contributed by atoms with Crippen LogP contribution in [-0.2, 0) is 47.2 Å². The minimum atomic E-state index is -1.27. The first-order chi connectivity index (χ1) is 38.0. The lowest BCUT2D eigenvalue weighted by molar-refractivity contribution is -0.140. The quantitative estimate of drug-likeness (QED) is 0.0454. The fraction of sp³-hybridized carbons (Fsp3) is 0.286. The Bertz CT molecular complexity index is 3070. The molecule has 6 aromatic carbocycles. The van der Waals surface area contributed by atoms with Crippen LogP contribution in [0.4, 0.5) is 4.79 Å². The Morgan fingerprint density at radius 2 is 1.21 bits per heavy atom. The fourth-order valence-corrected chi connectivity index (χ4v) is 10.8. The van der Waals surface area contributed by atoms with Crippen LogP contribution in [0.1, 0.15) is 85.0 Å². The van der Waals surface area contributed by atoms with E-state index in [4.69, 9.17) is 9.72 Å². The molecule has 15 heteroatoms. The highest BCUT2D eigenvalue weighted by atomic mass is 16.5. The Morgan fingerprint density at radius 3 is 1.78 bits per heavy atom. The van der Waals surface area contributed by atoms with Gasteiger partial charge in [-0.3, -0.25) is 24.0 Å². The van der Waals surface area contributed by atoms with E-state index in [-0.39, 0.29) is 37.3 Å². The van der Waals surface area contributed by atoms with Crippen LogP contribution in [0, 0.1) is 5.92 Å². The number of aromatic nitrogens is 2. The van der Waals surface area contributed by atoms with Crippen molar-refractivity contribution in [1.82, 2.24) is 41.0 Å². The number of likely N-dealkylation sites (tertiary alicyclic amines) is 1. The van der Waals surface area contributed by atoms with E-state index in [9.17, 15) is 28.8 Å². The molecular formula is C63H66N8O7. The zero-order valence-electron chi connectivity index (χ0n) is 44.1. The van der Waals surface area contributed by atoms with E-state index < -0.39 is 66.0 Å². The summed E-state index contributed by atoms with van der Waals surface area (Å²) >= 11 is 0. The third-order valence-corrected chi connectivity index (χ3v) is 15.1. The molecule has 1 saturated heterocycles. The Kier molecular flexibility index (Phi) is 17.2. The summed E-state index contributed by atoms with van der Waals surface area (Å²) in [5.74, 6) is -3.02. The fourth-order valence-electron chi connectivity index (χ4n) is 10.8. The number of nitrogens with zero attached hydrogens (tertiary/aromatic N) is 3. The van der Waals surface area contributed by atoms with Gasteiger partial charge in [-0.2, -0.15) is 0 Å². The van der Waals surface area contributed by atoms with Gasteiger partial charge in [0.05, 0.1) is 18.6 Å². The van der Waals surface area contributed by atoms with Crippen molar-refractivity contribution in [3.63, 3.8) is 0 Å². The molecule has 6 amide bonds. The molecule has 2 aliphatic rings. The largest absolute Gasteiger partial charge is 0.449 e. The van der Waals surface area contributed by atoms with E-state index in [0.717, 1.165) is 44.5 Å². The topological polar surface area (TPSA) is 193 Å². The highest BCUT2D eigenvalue weighted by Gasteiger charge is 2.40. The molecule has 7 aromatic rings. The Balaban J connectivity index is 0.897. The number of ether oxygens (including phenoxy) is 1. The molecule has 1 fully saturated rings. The standard InChI is InChI=1S/C63H66N8O7/c1-4-42(2)57(61(76)64-37-44-22-9-5-10-23-44)69-60(75)55-34-21-35-71(55)56(72)38-65-58(73)43(3)67-59(74)54(68-62(77)78-40-53-51-32-19-17-30-49(51)50-31-18-20-33-52(50)53)36-48-39-70(41-66-48)63(45-24-11-6-12-25-45,46-26-13-7-14-27-46)47-28-15-8-16-29-47/h5-20,22-33,39,41-43,53-55,57H,4,21,34-38,40H2,1-3H3,(H,64,76)(H,65,73)(H,67,74)(H,68,77)(H,69,75)/t42-,43-,54-,55-,57-/m0/s1. The molecule has 9 rings (SSSR count). The molecule has 0 unspecified atom stereocenters. The predicted molar refractivity (Wildman–Crippen MR) is 298 cm³/mol. The van der Waals surface area contributed by atoms with Crippen molar-refractivity contribution in [3.05, 3.63) is 221 Å². The molecular weight excluding hydrogens is 981 g/mol. The second kappa shape index (κ2) is 24.9. The van der Waals surface area contributed by atoms with Crippen molar-refractivity contribution in [3.8, 4) is 11.1 Å². The van der Waals surface area contributed by atoms with E-state index in [0.29, 0.717) is 31.5 Å². The Hall–Kier alpha value is -8.85. The number of rotatable bonds is 21. The molecule has 0 bridgehead atoms. The first-order valence-corrected chi connectivity index (χ1v) is 26.8. The SMILES string of the molecule is CC[C@H](C)[C@H](NC(=O)[C@@H]1CCCN1C(=O)CNC(=O)[C@H](C)NC(=O)[C@H](Cc1cn(C(c2ccccc2)(c2ccccc2)c2ccccc2)cn1)NC(=O)OCC1c2ccccc2-c2ccccc21)C(=O)NCc1ccccc1. The highest BCUT2D eigenvalue weighted by molar-refractivity contribution is 5.95. The monoisotopic (exact) mass is 1050 g/mol. The Morgan fingerprint density at radius 1 is 0.654 bits per heavy atom. The molecule has 1 aliphatic carbocycles. The molecule has 400 valence electrons. The molecule has 0 saturated carbocycles. The number of fused-ring (bicyclic) bond motifs is 3. The molecule has 5 atom stereocenters. The first-order valence-electron chi connectivity index (χ1n) is 26.8. The second-order valence-electron chi connectivity index (χ2n) is 20.1. The summed E-state index contributed by atoms with van der Waals surface area (Å²) in [5, 5.41) is 14.0. The summed E-state index contributed by atoms with van der Waals surface area (Å²) in [6.45, 7) is 5.46. The van der Waals surface area contributed by atoms with Gasteiger partial charge in [0.25, 0.3) is 0 Å². The average molecular weight is 1050 g/mol. The van der Waals surface area contributed by atoms with Crippen LogP contribution >= 0.6 is 0 Å². The van der Waals surface area contributed by atoms with E-state index in [1.165, 1.54) is 11.8 Å². The van der Waals surface area contributed by atoms with E-state index in [1.54, 1.807) is 6.33 Å². The molecule has 5 N–H and O–H groups in total. The summed E-state index contributed by atoms with van der Waals surface area (Å²) < 4.78 is 7.95. The van der Waals surface area contributed by atoms with Crippen molar-refractivity contribution in [1.29, 1.82) is 0 Å². The minimum Gasteiger partial charge on any atom is -0.449 e. The van der Waals surface area contributed by atoms with Gasteiger partial charge in [0.15, 0.2) is 0 Å². The van der Waals surface area contributed by atoms with Crippen LogP contribution in [0.15, 0.2) is 182 Å². The number of amides is 6.